The van der Waals surface area contributed by atoms with Crippen molar-refractivity contribution in [3.8, 4) is 22.9 Å². The van der Waals surface area contributed by atoms with E-state index < -0.39 is 0 Å². The summed E-state index contributed by atoms with van der Waals surface area (Å²) in [6.45, 7) is 1.97. The Morgan fingerprint density at radius 3 is 2.21 bits per heavy atom. The van der Waals surface area contributed by atoms with E-state index in [1.165, 1.54) is 0 Å². The zero-order valence-corrected chi connectivity index (χ0v) is 12.7. The molecule has 4 nitrogen and oxygen atoms in total. The molecular weight excluding hydrogens is 308 g/mol. The van der Waals surface area contributed by atoms with Gasteiger partial charge in [-0.25, -0.2) is 9.97 Å². The molecule has 0 saturated carbocycles. The highest BCUT2D eigenvalue weighted by Gasteiger charge is 2.08. The molecule has 5 heteroatoms. The summed E-state index contributed by atoms with van der Waals surface area (Å²) < 4.78 is 10.5. The lowest BCUT2D eigenvalue weighted by atomic mass is 10.1. The average molecular weight is 323 g/mol. The number of nitrogens with zero attached hydrogens (tertiary/aromatic N) is 2. The second-order valence-corrected chi connectivity index (χ2v) is 4.60. The molecule has 0 spiro atoms. The quantitative estimate of drug-likeness (QED) is 0.809. The Kier molecular flexibility index (Phi) is 4.37. The number of ether oxygens (including phenoxy) is 2. The molecule has 0 saturated heterocycles. The van der Waals surface area contributed by atoms with Crippen molar-refractivity contribution in [2.45, 2.75) is 12.3 Å². The molecule has 100 valence electrons. The second-order valence-electron chi connectivity index (χ2n) is 4.04. The molecule has 2 rings (SSSR count). The molecular formula is C14H15BrN2O2. The molecule has 0 fully saturated rings. The van der Waals surface area contributed by atoms with E-state index in [2.05, 4.69) is 25.9 Å². The van der Waals surface area contributed by atoms with Crippen molar-refractivity contribution < 1.29 is 9.47 Å². The lowest BCUT2D eigenvalue weighted by Gasteiger charge is -2.09. The molecule has 0 N–H and O–H groups in total. The van der Waals surface area contributed by atoms with E-state index in [1.54, 1.807) is 14.2 Å². The van der Waals surface area contributed by atoms with E-state index in [1.807, 2.05) is 31.3 Å². The van der Waals surface area contributed by atoms with Crippen LogP contribution in [-0.2, 0) is 5.33 Å². The van der Waals surface area contributed by atoms with Crippen LogP contribution in [0.4, 0.5) is 0 Å². The van der Waals surface area contributed by atoms with Gasteiger partial charge in [-0.15, -0.1) is 0 Å². The maximum absolute atomic E-state index is 5.25. The Bertz CT molecular complexity index is 565. The standard InChI is InChI=1S/C14H15BrN2O2/c1-9-11(7-15)8-16-14(17-9)10-4-12(18-2)6-13(5-10)19-3/h4-6,8H,7H2,1-3H3. The summed E-state index contributed by atoms with van der Waals surface area (Å²) >= 11 is 3.41. The highest BCUT2D eigenvalue weighted by atomic mass is 79.9. The Hall–Kier alpha value is -1.62. The Balaban J connectivity index is 2.48. The minimum Gasteiger partial charge on any atom is -0.497 e. The minimum atomic E-state index is 0.666. The van der Waals surface area contributed by atoms with Gasteiger partial charge in [-0.3, -0.25) is 0 Å². The highest BCUT2D eigenvalue weighted by molar-refractivity contribution is 9.08. The van der Waals surface area contributed by atoms with Gasteiger partial charge in [0.2, 0.25) is 0 Å². The molecule has 1 aromatic carbocycles. The predicted octanol–water partition coefficient (Wildman–Crippen LogP) is 3.36. The topological polar surface area (TPSA) is 44.2 Å². The molecule has 0 radical (unpaired) electrons. The number of alkyl halides is 1. The van der Waals surface area contributed by atoms with Crippen molar-refractivity contribution in [1.82, 2.24) is 9.97 Å². The fraction of sp³-hybridized carbons (Fsp3) is 0.286. The number of aryl methyl sites for hydroxylation is 1. The molecule has 0 bridgehead atoms. The van der Waals surface area contributed by atoms with Crippen molar-refractivity contribution in [1.29, 1.82) is 0 Å². The normalized spacial score (nSPS) is 10.3. The first-order chi connectivity index (χ1) is 9.17. The largest absolute Gasteiger partial charge is 0.497 e. The summed E-state index contributed by atoms with van der Waals surface area (Å²) in [7, 11) is 3.25. The van der Waals surface area contributed by atoms with E-state index >= 15 is 0 Å². The first kappa shape index (κ1) is 13.8. The molecule has 1 aromatic heterocycles. The lowest BCUT2D eigenvalue weighted by molar-refractivity contribution is 0.394. The van der Waals surface area contributed by atoms with Crippen molar-refractivity contribution in [3.63, 3.8) is 0 Å². The summed E-state index contributed by atoms with van der Waals surface area (Å²) in [4.78, 5) is 8.89. The van der Waals surface area contributed by atoms with Gasteiger partial charge < -0.3 is 9.47 Å². The zero-order chi connectivity index (χ0) is 13.8. The van der Waals surface area contributed by atoms with Gasteiger partial charge >= 0.3 is 0 Å². The fourth-order valence-corrected chi connectivity index (χ4v) is 2.25. The van der Waals surface area contributed by atoms with Gasteiger partial charge in [0, 0.05) is 34.4 Å². The third-order valence-electron chi connectivity index (χ3n) is 2.83. The molecule has 0 aliphatic heterocycles. The van der Waals surface area contributed by atoms with Crippen LogP contribution in [0.2, 0.25) is 0 Å². The summed E-state index contributed by atoms with van der Waals surface area (Å²) in [5, 5.41) is 0.751. The molecule has 0 atom stereocenters. The van der Waals surface area contributed by atoms with E-state index in [0.717, 1.165) is 33.6 Å². The van der Waals surface area contributed by atoms with Gasteiger partial charge in [0.05, 0.1) is 14.2 Å². The summed E-state index contributed by atoms with van der Waals surface area (Å²) in [6, 6.07) is 5.61. The van der Waals surface area contributed by atoms with Crippen LogP contribution in [-0.4, -0.2) is 24.2 Å². The first-order valence-electron chi connectivity index (χ1n) is 5.80. The van der Waals surface area contributed by atoms with Crippen LogP contribution in [0.1, 0.15) is 11.3 Å². The third kappa shape index (κ3) is 3.04. The predicted molar refractivity (Wildman–Crippen MR) is 77.9 cm³/mol. The maximum Gasteiger partial charge on any atom is 0.159 e. The number of methoxy groups -OCH3 is 2. The van der Waals surface area contributed by atoms with Crippen LogP contribution < -0.4 is 9.47 Å². The minimum absolute atomic E-state index is 0.666. The smallest absolute Gasteiger partial charge is 0.159 e. The fourth-order valence-electron chi connectivity index (χ4n) is 1.70. The van der Waals surface area contributed by atoms with E-state index in [0.29, 0.717) is 5.82 Å². The second kappa shape index (κ2) is 6.02. The molecule has 1 heterocycles. The van der Waals surface area contributed by atoms with Gasteiger partial charge in [0.1, 0.15) is 11.5 Å². The average Bonchev–Trinajstić information content (AvgIpc) is 2.46. The molecule has 0 aliphatic carbocycles. The van der Waals surface area contributed by atoms with Gasteiger partial charge in [-0.1, -0.05) is 15.9 Å². The van der Waals surface area contributed by atoms with Crippen LogP contribution in [0.25, 0.3) is 11.4 Å². The van der Waals surface area contributed by atoms with Crippen LogP contribution >= 0.6 is 15.9 Å². The lowest BCUT2D eigenvalue weighted by Crippen LogP contribution is -1.97. The number of halogens is 1. The molecule has 0 aliphatic rings. The zero-order valence-electron chi connectivity index (χ0n) is 11.1. The Morgan fingerprint density at radius 2 is 1.74 bits per heavy atom. The first-order valence-corrected chi connectivity index (χ1v) is 6.92. The SMILES string of the molecule is COc1cc(OC)cc(-c2ncc(CBr)c(C)n2)c1. The Morgan fingerprint density at radius 1 is 1.11 bits per heavy atom. The molecule has 2 aromatic rings. The van der Waals surface area contributed by atoms with Crippen LogP contribution in [0.15, 0.2) is 24.4 Å². The number of rotatable bonds is 4. The van der Waals surface area contributed by atoms with Gasteiger partial charge in [-0.2, -0.15) is 0 Å². The van der Waals surface area contributed by atoms with Gasteiger partial charge in [-0.05, 0) is 19.1 Å². The van der Waals surface area contributed by atoms with Crippen molar-refractivity contribution in [2.75, 3.05) is 14.2 Å². The number of hydrogen-bond donors (Lipinski definition) is 0. The maximum atomic E-state index is 5.25. The van der Waals surface area contributed by atoms with E-state index in [-0.39, 0.29) is 0 Å². The van der Waals surface area contributed by atoms with E-state index in [4.69, 9.17) is 9.47 Å². The van der Waals surface area contributed by atoms with Crippen LogP contribution in [0.3, 0.4) is 0 Å². The van der Waals surface area contributed by atoms with E-state index in [9.17, 15) is 0 Å². The third-order valence-corrected chi connectivity index (χ3v) is 3.44. The summed E-state index contributed by atoms with van der Waals surface area (Å²) in [5.74, 6) is 2.11. The summed E-state index contributed by atoms with van der Waals surface area (Å²) in [6.07, 6.45) is 1.83. The molecule has 0 unspecified atom stereocenters. The highest BCUT2D eigenvalue weighted by Crippen LogP contribution is 2.28. The van der Waals surface area contributed by atoms with Gasteiger partial charge in [0.25, 0.3) is 0 Å². The number of benzene rings is 1. The Labute approximate surface area is 120 Å². The van der Waals surface area contributed by atoms with Gasteiger partial charge in [0.15, 0.2) is 5.82 Å². The molecule has 19 heavy (non-hydrogen) atoms. The summed E-state index contributed by atoms with van der Waals surface area (Å²) in [5.41, 5.74) is 2.92. The number of hydrogen-bond acceptors (Lipinski definition) is 4. The number of aromatic nitrogens is 2. The van der Waals surface area contributed by atoms with Crippen molar-refractivity contribution in [2.24, 2.45) is 0 Å². The van der Waals surface area contributed by atoms with Crippen molar-refractivity contribution >= 4 is 15.9 Å². The monoisotopic (exact) mass is 322 g/mol. The molecule has 0 amide bonds. The van der Waals surface area contributed by atoms with Crippen LogP contribution in [0.5, 0.6) is 11.5 Å². The van der Waals surface area contributed by atoms with Crippen LogP contribution in [0, 0.1) is 6.92 Å². The van der Waals surface area contributed by atoms with Crippen molar-refractivity contribution in [3.05, 3.63) is 35.7 Å².